The van der Waals surface area contributed by atoms with E-state index in [-0.39, 0.29) is 0 Å². The molecule has 0 unspecified atom stereocenters. The van der Waals surface area contributed by atoms with E-state index in [2.05, 4.69) is 16.7 Å². The molecule has 1 aromatic rings. The Morgan fingerprint density at radius 1 is 1.40 bits per heavy atom. The van der Waals surface area contributed by atoms with Crippen LogP contribution in [0.2, 0.25) is 5.02 Å². The molecule has 0 bridgehead atoms. The average Bonchev–Trinajstić information content (AvgIpc) is 2.29. The minimum absolute atomic E-state index is 0.593. The summed E-state index contributed by atoms with van der Waals surface area (Å²) in [6.45, 7) is 3.10. The van der Waals surface area contributed by atoms with Crippen molar-refractivity contribution in [2.75, 3.05) is 13.1 Å². The van der Waals surface area contributed by atoms with Crippen molar-refractivity contribution in [1.29, 1.82) is 0 Å². The standard InChI is InChI=1S/C12H17ClN2/c13-12-6-2-1-4-10(12)8-15-11-5-3-7-14-9-11/h1-2,4,6,11,14-15H,3,5,7-9H2/t11-/m1/s1. The van der Waals surface area contributed by atoms with Crippen molar-refractivity contribution in [3.05, 3.63) is 34.9 Å². The van der Waals surface area contributed by atoms with Crippen LogP contribution in [0.15, 0.2) is 24.3 Å². The monoisotopic (exact) mass is 224 g/mol. The first-order valence-electron chi connectivity index (χ1n) is 5.54. The molecule has 2 N–H and O–H groups in total. The Morgan fingerprint density at radius 3 is 3.00 bits per heavy atom. The van der Waals surface area contributed by atoms with Crippen molar-refractivity contribution < 1.29 is 0 Å². The van der Waals surface area contributed by atoms with Crippen LogP contribution in [0.5, 0.6) is 0 Å². The fourth-order valence-corrected chi connectivity index (χ4v) is 2.12. The summed E-state index contributed by atoms with van der Waals surface area (Å²) in [5.41, 5.74) is 1.18. The summed E-state index contributed by atoms with van der Waals surface area (Å²) in [5.74, 6) is 0. The molecule has 0 radical (unpaired) electrons. The zero-order valence-corrected chi connectivity index (χ0v) is 9.56. The van der Waals surface area contributed by atoms with E-state index in [4.69, 9.17) is 11.6 Å². The molecule has 3 heteroatoms. The molecule has 1 aliphatic heterocycles. The molecule has 1 atom stereocenters. The molecule has 1 heterocycles. The van der Waals surface area contributed by atoms with E-state index in [9.17, 15) is 0 Å². The molecule has 0 spiro atoms. The fourth-order valence-electron chi connectivity index (χ4n) is 1.92. The van der Waals surface area contributed by atoms with E-state index in [0.29, 0.717) is 6.04 Å². The number of rotatable bonds is 3. The van der Waals surface area contributed by atoms with E-state index in [1.165, 1.54) is 18.4 Å². The number of benzene rings is 1. The Morgan fingerprint density at radius 2 is 2.27 bits per heavy atom. The van der Waals surface area contributed by atoms with Gasteiger partial charge in [0.1, 0.15) is 0 Å². The molecule has 1 aliphatic rings. The van der Waals surface area contributed by atoms with E-state index in [1.54, 1.807) is 0 Å². The van der Waals surface area contributed by atoms with E-state index in [1.807, 2.05) is 18.2 Å². The second-order valence-electron chi connectivity index (χ2n) is 4.02. The molecular formula is C12H17ClN2. The predicted octanol–water partition coefficient (Wildman–Crippen LogP) is 2.18. The van der Waals surface area contributed by atoms with Gasteiger partial charge in [-0.15, -0.1) is 0 Å². The second-order valence-corrected chi connectivity index (χ2v) is 4.42. The number of halogens is 1. The van der Waals surface area contributed by atoms with Crippen molar-refractivity contribution >= 4 is 11.6 Å². The molecule has 1 saturated heterocycles. The van der Waals surface area contributed by atoms with Gasteiger partial charge in [-0.2, -0.15) is 0 Å². The van der Waals surface area contributed by atoms with Gasteiger partial charge in [-0.05, 0) is 31.0 Å². The van der Waals surface area contributed by atoms with Crippen molar-refractivity contribution in [2.24, 2.45) is 0 Å². The van der Waals surface area contributed by atoms with Crippen LogP contribution in [0.25, 0.3) is 0 Å². The molecule has 1 aromatic carbocycles. The molecule has 1 fully saturated rings. The maximum atomic E-state index is 6.09. The third kappa shape index (κ3) is 3.20. The van der Waals surface area contributed by atoms with Crippen molar-refractivity contribution in [1.82, 2.24) is 10.6 Å². The van der Waals surface area contributed by atoms with Crippen molar-refractivity contribution in [2.45, 2.75) is 25.4 Å². The van der Waals surface area contributed by atoms with Crippen LogP contribution < -0.4 is 10.6 Å². The third-order valence-electron chi connectivity index (χ3n) is 2.84. The lowest BCUT2D eigenvalue weighted by Crippen LogP contribution is -2.42. The molecule has 2 rings (SSSR count). The number of piperidine rings is 1. The Bertz CT molecular complexity index is 308. The molecule has 0 aromatic heterocycles. The first-order valence-corrected chi connectivity index (χ1v) is 5.91. The third-order valence-corrected chi connectivity index (χ3v) is 3.20. The maximum Gasteiger partial charge on any atom is 0.0450 e. The van der Waals surface area contributed by atoms with Crippen LogP contribution in [0.4, 0.5) is 0 Å². The van der Waals surface area contributed by atoms with Crippen LogP contribution in [0, 0.1) is 0 Å². The van der Waals surface area contributed by atoms with Gasteiger partial charge < -0.3 is 10.6 Å². The first-order chi connectivity index (χ1) is 7.36. The van der Waals surface area contributed by atoms with Gasteiger partial charge in [0.05, 0.1) is 0 Å². The van der Waals surface area contributed by atoms with Crippen LogP contribution in [-0.2, 0) is 6.54 Å². The number of hydrogen-bond acceptors (Lipinski definition) is 2. The summed E-state index contributed by atoms with van der Waals surface area (Å²) in [4.78, 5) is 0. The molecular weight excluding hydrogens is 208 g/mol. The molecule has 0 saturated carbocycles. The highest BCUT2D eigenvalue weighted by molar-refractivity contribution is 6.31. The summed E-state index contributed by atoms with van der Waals surface area (Å²) < 4.78 is 0. The first kappa shape index (κ1) is 10.9. The zero-order valence-electron chi connectivity index (χ0n) is 8.80. The van der Waals surface area contributed by atoms with Gasteiger partial charge in [-0.25, -0.2) is 0 Å². The summed E-state index contributed by atoms with van der Waals surface area (Å²) in [6.07, 6.45) is 2.53. The van der Waals surface area contributed by atoms with Gasteiger partial charge >= 0.3 is 0 Å². The van der Waals surface area contributed by atoms with Crippen LogP contribution in [0.1, 0.15) is 18.4 Å². The van der Waals surface area contributed by atoms with E-state index < -0.39 is 0 Å². The normalized spacial score (nSPS) is 21.5. The molecule has 0 aliphatic carbocycles. The Labute approximate surface area is 96.0 Å². The average molecular weight is 225 g/mol. The second kappa shape index (κ2) is 5.50. The summed E-state index contributed by atoms with van der Waals surface area (Å²) in [7, 11) is 0. The Kier molecular flexibility index (Phi) is 4.01. The van der Waals surface area contributed by atoms with Gasteiger partial charge in [0.25, 0.3) is 0 Å². The molecule has 0 amide bonds. The zero-order chi connectivity index (χ0) is 10.5. The summed E-state index contributed by atoms with van der Waals surface area (Å²) in [6, 6.07) is 8.61. The smallest absolute Gasteiger partial charge is 0.0450 e. The van der Waals surface area contributed by atoms with Crippen molar-refractivity contribution in [3.8, 4) is 0 Å². The van der Waals surface area contributed by atoms with Gasteiger partial charge in [-0.1, -0.05) is 29.8 Å². The van der Waals surface area contributed by atoms with Crippen LogP contribution in [0.3, 0.4) is 0 Å². The summed E-state index contributed by atoms with van der Waals surface area (Å²) in [5, 5.41) is 7.78. The lowest BCUT2D eigenvalue weighted by Gasteiger charge is -2.24. The lowest BCUT2D eigenvalue weighted by molar-refractivity contribution is 0.389. The number of hydrogen-bond donors (Lipinski definition) is 2. The Balaban J connectivity index is 1.84. The Hall–Kier alpha value is -0.570. The van der Waals surface area contributed by atoms with Crippen molar-refractivity contribution in [3.63, 3.8) is 0 Å². The minimum atomic E-state index is 0.593. The van der Waals surface area contributed by atoms with Gasteiger partial charge in [0, 0.05) is 24.2 Å². The van der Waals surface area contributed by atoms with Gasteiger partial charge in [0.2, 0.25) is 0 Å². The van der Waals surface area contributed by atoms with Gasteiger partial charge in [0.15, 0.2) is 0 Å². The fraction of sp³-hybridized carbons (Fsp3) is 0.500. The quantitative estimate of drug-likeness (QED) is 0.823. The maximum absolute atomic E-state index is 6.09. The highest BCUT2D eigenvalue weighted by Gasteiger charge is 2.12. The minimum Gasteiger partial charge on any atom is -0.315 e. The van der Waals surface area contributed by atoms with Crippen LogP contribution >= 0.6 is 11.6 Å². The molecule has 82 valence electrons. The number of nitrogens with one attached hydrogen (secondary N) is 2. The topological polar surface area (TPSA) is 24.1 Å². The molecule has 2 nitrogen and oxygen atoms in total. The molecule has 15 heavy (non-hydrogen) atoms. The van der Waals surface area contributed by atoms with Crippen LogP contribution in [-0.4, -0.2) is 19.1 Å². The van der Waals surface area contributed by atoms with E-state index >= 15 is 0 Å². The summed E-state index contributed by atoms with van der Waals surface area (Å²) >= 11 is 6.09. The highest BCUT2D eigenvalue weighted by atomic mass is 35.5. The van der Waals surface area contributed by atoms with E-state index in [0.717, 1.165) is 24.7 Å². The highest BCUT2D eigenvalue weighted by Crippen LogP contribution is 2.15. The van der Waals surface area contributed by atoms with Gasteiger partial charge in [-0.3, -0.25) is 0 Å². The SMILES string of the molecule is Clc1ccccc1CN[C@@H]1CCCNC1. The largest absolute Gasteiger partial charge is 0.315 e. The predicted molar refractivity (Wildman–Crippen MR) is 64.2 cm³/mol. The lowest BCUT2D eigenvalue weighted by atomic mass is 10.1.